The number of alkyl halides is 1. The lowest BCUT2D eigenvalue weighted by Crippen LogP contribution is -2.36. The Labute approximate surface area is 87.1 Å². The first-order valence-corrected chi connectivity index (χ1v) is 5.79. The highest BCUT2D eigenvalue weighted by Crippen LogP contribution is 2.23. The number of aliphatic hydroxyl groups excluding tert-OH is 1. The molecule has 0 aromatic carbocycles. The van der Waals surface area contributed by atoms with Crippen LogP contribution < -0.4 is 0 Å². The average Bonchev–Trinajstić information content (AvgIpc) is 2.04. The van der Waals surface area contributed by atoms with Gasteiger partial charge in [0, 0.05) is 10.8 Å². The van der Waals surface area contributed by atoms with Gasteiger partial charge in [0.1, 0.15) is 0 Å². The Balaban J connectivity index is 2.39. The second-order valence-corrected chi connectivity index (χ2v) is 4.06. The average molecular weight is 282 g/mol. The molecule has 1 aliphatic heterocycles. The molecule has 2 nitrogen and oxygen atoms in total. The predicted molar refractivity (Wildman–Crippen MR) is 57.6 cm³/mol. The molecule has 1 fully saturated rings. The molecule has 1 N–H and O–H groups in total. The standard InChI is InChI=1S/C9H15IO2/c1-2-3-8-4-7(11)5-9(6-10)12-8/h2,7-9,11H,1,3-6H2/t7-,8+,9+/m1/s1. The van der Waals surface area contributed by atoms with Crippen molar-refractivity contribution in [3.63, 3.8) is 0 Å². The van der Waals surface area contributed by atoms with E-state index in [9.17, 15) is 5.11 Å². The van der Waals surface area contributed by atoms with E-state index in [1.807, 2.05) is 6.08 Å². The molecular formula is C9H15IO2. The molecule has 3 atom stereocenters. The van der Waals surface area contributed by atoms with Gasteiger partial charge in [-0.1, -0.05) is 28.7 Å². The van der Waals surface area contributed by atoms with Crippen molar-refractivity contribution in [2.45, 2.75) is 37.6 Å². The Bertz CT molecular complexity index is 149. The van der Waals surface area contributed by atoms with E-state index in [-0.39, 0.29) is 18.3 Å². The van der Waals surface area contributed by atoms with Crippen LogP contribution in [0, 0.1) is 0 Å². The summed E-state index contributed by atoms with van der Waals surface area (Å²) in [5.74, 6) is 0. The van der Waals surface area contributed by atoms with Crippen molar-refractivity contribution in [2.75, 3.05) is 4.43 Å². The summed E-state index contributed by atoms with van der Waals surface area (Å²) >= 11 is 2.29. The highest BCUT2D eigenvalue weighted by molar-refractivity contribution is 14.1. The molecule has 0 spiro atoms. The SMILES string of the molecule is C=CC[C@H]1C[C@@H](O)C[C@@H](CI)O1. The summed E-state index contributed by atoms with van der Waals surface area (Å²) in [5, 5.41) is 9.49. The zero-order chi connectivity index (χ0) is 8.97. The number of hydrogen-bond acceptors (Lipinski definition) is 2. The summed E-state index contributed by atoms with van der Waals surface area (Å²) in [7, 11) is 0. The molecule has 3 heteroatoms. The van der Waals surface area contributed by atoms with Crippen LogP contribution in [0.4, 0.5) is 0 Å². The van der Waals surface area contributed by atoms with Gasteiger partial charge >= 0.3 is 0 Å². The number of rotatable bonds is 3. The van der Waals surface area contributed by atoms with Crippen molar-refractivity contribution in [1.82, 2.24) is 0 Å². The van der Waals surface area contributed by atoms with E-state index < -0.39 is 0 Å². The van der Waals surface area contributed by atoms with E-state index in [1.165, 1.54) is 0 Å². The Morgan fingerprint density at radius 2 is 2.17 bits per heavy atom. The zero-order valence-electron chi connectivity index (χ0n) is 7.08. The third-order valence-electron chi connectivity index (χ3n) is 2.06. The van der Waals surface area contributed by atoms with Crippen LogP contribution in [-0.2, 0) is 4.74 Å². The molecule has 0 amide bonds. The molecule has 0 saturated carbocycles. The summed E-state index contributed by atoms with van der Waals surface area (Å²) in [4.78, 5) is 0. The zero-order valence-corrected chi connectivity index (χ0v) is 9.24. The van der Waals surface area contributed by atoms with E-state index in [1.54, 1.807) is 0 Å². The molecule has 1 heterocycles. The summed E-state index contributed by atoms with van der Waals surface area (Å²) in [5.41, 5.74) is 0. The molecule has 0 unspecified atom stereocenters. The quantitative estimate of drug-likeness (QED) is 0.487. The van der Waals surface area contributed by atoms with Crippen LogP contribution in [-0.4, -0.2) is 27.8 Å². The summed E-state index contributed by atoms with van der Waals surface area (Å²) in [6.07, 6.45) is 4.50. The molecule has 0 aromatic heterocycles. The van der Waals surface area contributed by atoms with E-state index >= 15 is 0 Å². The minimum absolute atomic E-state index is 0.177. The fourth-order valence-corrected chi connectivity index (χ4v) is 2.09. The Hall–Kier alpha value is 0.390. The van der Waals surface area contributed by atoms with Gasteiger partial charge < -0.3 is 9.84 Å². The lowest BCUT2D eigenvalue weighted by Gasteiger charge is -2.31. The predicted octanol–water partition coefficient (Wildman–Crippen LogP) is 1.91. The van der Waals surface area contributed by atoms with Gasteiger partial charge in [0.25, 0.3) is 0 Å². The van der Waals surface area contributed by atoms with E-state index in [4.69, 9.17) is 4.74 Å². The van der Waals surface area contributed by atoms with Gasteiger partial charge in [0.15, 0.2) is 0 Å². The van der Waals surface area contributed by atoms with Crippen molar-refractivity contribution >= 4 is 22.6 Å². The largest absolute Gasteiger partial charge is 0.393 e. The second-order valence-electron chi connectivity index (χ2n) is 3.18. The summed E-state index contributed by atoms with van der Waals surface area (Å²) in [6, 6.07) is 0. The maximum absolute atomic E-state index is 9.49. The third-order valence-corrected chi connectivity index (χ3v) is 3.04. The number of ether oxygens (including phenoxy) is 1. The molecule has 1 rings (SSSR count). The van der Waals surface area contributed by atoms with Crippen LogP contribution in [0.5, 0.6) is 0 Å². The van der Waals surface area contributed by atoms with Gasteiger partial charge in [-0.25, -0.2) is 0 Å². The van der Waals surface area contributed by atoms with Gasteiger partial charge in [-0.15, -0.1) is 6.58 Å². The minimum Gasteiger partial charge on any atom is -0.393 e. The van der Waals surface area contributed by atoms with Gasteiger partial charge in [-0.2, -0.15) is 0 Å². The monoisotopic (exact) mass is 282 g/mol. The van der Waals surface area contributed by atoms with E-state index in [2.05, 4.69) is 29.2 Å². The maximum atomic E-state index is 9.49. The molecule has 0 aliphatic carbocycles. The highest BCUT2D eigenvalue weighted by Gasteiger charge is 2.26. The van der Waals surface area contributed by atoms with E-state index in [0.29, 0.717) is 0 Å². The Morgan fingerprint density at radius 3 is 2.75 bits per heavy atom. The van der Waals surface area contributed by atoms with Crippen molar-refractivity contribution in [3.8, 4) is 0 Å². The smallest absolute Gasteiger partial charge is 0.0693 e. The van der Waals surface area contributed by atoms with Crippen LogP contribution in [0.2, 0.25) is 0 Å². The molecule has 0 bridgehead atoms. The first-order valence-electron chi connectivity index (χ1n) is 4.26. The Kier molecular flexibility index (Phi) is 4.53. The van der Waals surface area contributed by atoms with Crippen LogP contribution >= 0.6 is 22.6 Å². The number of halogens is 1. The fourth-order valence-electron chi connectivity index (χ4n) is 1.52. The maximum Gasteiger partial charge on any atom is 0.0693 e. The molecule has 1 saturated heterocycles. The van der Waals surface area contributed by atoms with E-state index in [0.717, 1.165) is 23.7 Å². The highest BCUT2D eigenvalue weighted by atomic mass is 127. The minimum atomic E-state index is -0.177. The van der Waals surface area contributed by atoms with Crippen LogP contribution in [0.15, 0.2) is 12.7 Å². The summed E-state index contributed by atoms with van der Waals surface area (Å²) in [6.45, 7) is 3.67. The number of hydrogen-bond donors (Lipinski definition) is 1. The molecule has 12 heavy (non-hydrogen) atoms. The van der Waals surface area contributed by atoms with Crippen LogP contribution in [0.1, 0.15) is 19.3 Å². The Morgan fingerprint density at radius 1 is 1.50 bits per heavy atom. The molecule has 0 aromatic rings. The fraction of sp³-hybridized carbons (Fsp3) is 0.778. The van der Waals surface area contributed by atoms with Crippen LogP contribution in [0.3, 0.4) is 0 Å². The normalized spacial score (nSPS) is 36.3. The summed E-state index contributed by atoms with van der Waals surface area (Å²) < 4.78 is 6.67. The van der Waals surface area contributed by atoms with Crippen molar-refractivity contribution in [1.29, 1.82) is 0 Å². The second kappa shape index (κ2) is 5.19. The molecular weight excluding hydrogens is 267 g/mol. The topological polar surface area (TPSA) is 29.5 Å². The van der Waals surface area contributed by atoms with Gasteiger partial charge in [0.05, 0.1) is 18.3 Å². The molecule has 1 aliphatic rings. The van der Waals surface area contributed by atoms with Gasteiger partial charge in [0.2, 0.25) is 0 Å². The van der Waals surface area contributed by atoms with Crippen molar-refractivity contribution < 1.29 is 9.84 Å². The van der Waals surface area contributed by atoms with Crippen molar-refractivity contribution in [2.24, 2.45) is 0 Å². The van der Waals surface area contributed by atoms with Gasteiger partial charge in [-0.3, -0.25) is 0 Å². The lowest BCUT2D eigenvalue weighted by atomic mass is 10.00. The first-order chi connectivity index (χ1) is 5.76. The van der Waals surface area contributed by atoms with Crippen LogP contribution in [0.25, 0.3) is 0 Å². The third kappa shape index (κ3) is 3.03. The molecule has 70 valence electrons. The molecule has 0 radical (unpaired) electrons. The number of aliphatic hydroxyl groups is 1. The first kappa shape index (κ1) is 10.5. The van der Waals surface area contributed by atoms with Crippen molar-refractivity contribution in [3.05, 3.63) is 12.7 Å². The van der Waals surface area contributed by atoms with Gasteiger partial charge in [-0.05, 0) is 12.8 Å². The lowest BCUT2D eigenvalue weighted by molar-refractivity contribution is -0.0824.